The number of fused-ring (bicyclic) bond motifs is 3. The molecule has 1 aromatic rings. The van der Waals surface area contributed by atoms with E-state index < -0.39 is 0 Å². The normalized spacial score (nSPS) is 25.2. The van der Waals surface area contributed by atoms with Gasteiger partial charge in [0.05, 0.1) is 0 Å². The van der Waals surface area contributed by atoms with Crippen LogP contribution in [0.15, 0.2) is 12.1 Å². The Bertz CT molecular complexity index is 560. The van der Waals surface area contributed by atoms with Gasteiger partial charge in [-0.25, -0.2) is 0 Å². The molecule has 20 heavy (non-hydrogen) atoms. The van der Waals surface area contributed by atoms with E-state index in [1.165, 1.54) is 22.3 Å². The van der Waals surface area contributed by atoms with Crippen LogP contribution in [0, 0.1) is 5.92 Å². The van der Waals surface area contributed by atoms with E-state index in [1.54, 1.807) is 0 Å². The molecule has 2 aliphatic carbocycles. The topological polar surface area (TPSA) is 17.1 Å². The highest BCUT2D eigenvalue weighted by atomic mass is 16.1. The number of carbonyl (C=O) groups excluding carboxylic acids is 1. The highest BCUT2D eigenvalue weighted by Gasteiger charge is 2.44. The SMILES string of the molecule is CC(C)c1ccc(C(C)(C)C)c2c1C1C(=O)CC[C@@H]1C2. The lowest BCUT2D eigenvalue weighted by molar-refractivity contribution is -0.118. The number of Topliss-reactive ketones (excluding diaryl/α,β-unsaturated/α-hetero) is 1. The van der Waals surface area contributed by atoms with Crippen LogP contribution < -0.4 is 0 Å². The van der Waals surface area contributed by atoms with Gasteiger partial charge in [0.2, 0.25) is 0 Å². The molecule has 108 valence electrons. The first-order valence-electron chi connectivity index (χ1n) is 7.99. The molecular formula is C19H26O. The van der Waals surface area contributed by atoms with Crippen molar-refractivity contribution in [1.29, 1.82) is 0 Å². The fourth-order valence-electron chi connectivity index (χ4n) is 4.27. The van der Waals surface area contributed by atoms with Crippen molar-refractivity contribution >= 4 is 5.78 Å². The lowest BCUT2D eigenvalue weighted by atomic mass is 9.79. The molecule has 0 aromatic heterocycles. The van der Waals surface area contributed by atoms with Gasteiger partial charge in [0, 0.05) is 12.3 Å². The van der Waals surface area contributed by atoms with E-state index in [2.05, 4.69) is 46.8 Å². The highest BCUT2D eigenvalue weighted by Crippen LogP contribution is 2.51. The quantitative estimate of drug-likeness (QED) is 0.721. The van der Waals surface area contributed by atoms with Gasteiger partial charge in [0.25, 0.3) is 0 Å². The van der Waals surface area contributed by atoms with E-state index in [0.717, 1.165) is 19.3 Å². The van der Waals surface area contributed by atoms with Crippen LogP contribution in [0.3, 0.4) is 0 Å². The van der Waals surface area contributed by atoms with E-state index in [9.17, 15) is 4.79 Å². The third-order valence-corrected chi connectivity index (χ3v) is 5.18. The molecule has 1 aromatic carbocycles. The molecule has 1 heteroatoms. The second-order valence-corrected chi connectivity index (χ2v) is 7.95. The number of benzene rings is 1. The van der Waals surface area contributed by atoms with Gasteiger partial charge in [0.15, 0.2) is 0 Å². The van der Waals surface area contributed by atoms with Crippen LogP contribution in [-0.4, -0.2) is 5.78 Å². The monoisotopic (exact) mass is 270 g/mol. The Hall–Kier alpha value is -1.11. The van der Waals surface area contributed by atoms with E-state index in [4.69, 9.17) is 0 Å². The minimum absolute atomic E-state index is 0.168. The number of carbonyl (C=O) groups is 1. The van der Waals surface area contributed by atoms with E-state index in [-0.39, 0.29) is 11.3 Å². The molecule has 0 aliphatic heterocycles. The molecule has 2 atom stereocenters. The molecule has 1 fully saturated rings. The first-order chi connectivity index (χ1) is 9.30. The molecule has 0 heterocycles. The van der Waals surface area contributed by atoms with Crippen molar-refractivity contribution in [3.05, 3.63) is 34.4 Å². The summed E-state index contributed by atoms with van der Waals surface area (Å²) in [5.41, 5.74) is 5.96. The molecular weight excluding hydrogens is 244 g/mol. The highest BCUT2D eigenvalue weighted by molar-refractivity contribution is 5.90. The molecule has 1 unspecified atom stereocenters. The molecule has 2 aliphatic rings. The smallest absolute Gasteiger partial charge is 0.140 e. The summed E-state index contributed by atoms with van der Waals surface area (Å²) in [5, 5.41) is 0. The number of hydrogen-bond acceptors (Lipinski definition) is 1. The second kappa shape index (κ2) is 4.44. The Balaban J connectivity index is 2.23. The Morgan fingerprint density at radius 2 is 1.90 bits per heavy atom. The van der Waals surface area contributed by atoms with Crippen molar-refractivity contribution in [3.8, 4) is 0 Å². The van der Waals surface area contributed by atoms with Gasteiger partial charge in [-0.05, 0) is 52.3 Å². The first-order valence-corrected chi connectivity index (χ1v) is 7.99. The van der Waals surface area contributed by atoms with Crippen LogP contribution in [0.5, 0.6) is 0 Å². The summed E-state index contributed by atoms with van der Waals surface area (Å²) >= 11 is 0. The van der Waals surface area contributed by atoms with E-state index in [0.29, 0.717) is 17.6 Å². The van der Waals surface area contributed by atoms with Crippen LogP contribution in [0.25, 0.3) is 0 Å². The molecule has 1 nitrogen and oxygen atoms in total. The number of hydrogen-bond donors (Lipinski definition) is 0. The summed E-state index contributed by atoms with van der Waals surface area (Å²) in [6.45, 7) is 11.4. The van der Waals surface area contributed by atoms with Gasteiger partial charge in [0.1, 0.15) is 5.78 Å². The van der Waals surface area contributed by atoms with Gasteiger partial charge < -0.3 is 0 Å². The van der Waals surface area contributed by atoms with Gasteiger partial charge in [-0.2, -0.15) is 0 Å². The van der Waals surface area contributed by atoms with Gasteiger partial charge in [-0.1, -0.05) is 46.8 Å². The van der Waals surface area contributed by atoms with Crippen molar-refractivity contribution < 1.29 is 4.79 Å². The lowest BCUT2D eigenvalue weighted by Crippen LogP contribution is -2.16. The fraction of sp³-hybridized carbons (Fsp3) is 0.632. The van der Waals surface area contributed by atoms with Gasteiger partial charge >= 0.3 is 0 Å². The average molecular weight is 270 g/mol. The minimum Gasteiger partial charge on any atom is -0.299 e. The van der Waals surface area contributed by atoms with Crippen molar-refractivity contribution in [2.45, 2.75) is 71.1 Å². The van der Waals surface area contributed by atoms with Crippen LogP contribution in [0.1, 0.15) is 81.5 Å². The van der Waals surface area contributed by atoms with E-state index in [1.807, 2.05) is 0 Å². The zero-order valence-corrected chi connectivity index (χ0v) is 13.4. The van der Waals surface area contributed by atoms with Crippen molar-refractivity contribution in [2.24, 2.45) is 5.92 Å². The third kappa shape index (κ3) is 1.94. The predicted molar refractivity (Wildman–Crippen MR) is 83.4 cm³/mol. The van der Waals surface area contributed by atoms with Crippen molar-refractivity contribution in [1.82, 2.24) is 0 Å². The second-order valence-electron chi connectivity index (χ2n) is 7.95. The zero-order valence-electron chi connectivity index (χ0n) is 13.4. The Labute approximate surface area is 122 Å². The minimum atomic E-state index is 0.168. The molecule has 0 saturated heterocycles. The summed E-state index contributed by atoms with van der Waals surface area (Å²) < 4.78 is 0. The molecule has 0 bridgehead atoms. The molecule has 0 radical (unpaired) electrons. The van der Waals surface area contributed by atoms with Crippen LogP contribution in [0.4, 0.5) is 0 Å². The van der Waals surface area contributed by atoms with Crippen LogP contribution >= 0.6 is 0 Å². The maximum Gasteiger partial charge on any atom is 0.140 e. The van der Waals surface area contributed by atoms with Gasteiger partial charge in [-0.3, -0.25) is 4.79 Å². The number of ketones is 1. The maximum absolute atomic E-state index is 12.4. The zero-order chi connectivity index (χ0) is 14.7. The van der Waals surface area contributed by atoms with E-state index >= 15 is 0 Å². The largest absolute Gasteiger partial charge is 0.299 e. The molecule has 0 N–H and O–H groups in total. The summed E-state index contributed by atoms with van der Waals surface area (Å²) in [7, 11) is 0. The summed E-state index contributed by atoms with van der Waals surface area (Å²) in [6.07, 6.45) is 3.02. The summed E-state index contributed by atoms with van der Waals surface area (Å²) in [5.74, 6) is 1.79. The summed E-state index contributed by atoms with van der Waals surface area (Å²) in [6, 6.07) is 4.61. The van der Waals surface area contributed by atoms with Crippen molar-refractivity contribution in [3.63, 3.8) is 0 Å². The lowest BCUT2D eigenvalue weighted by Gasteiger charge is -2.26. The molecule has 1 saturated carbocycles. The Morgan fingerprint density at radius 3 is 2.50 bits per heavy atom. The molecule has 0 amide bonds. The third-order valence-electron chi connectivity index (χ3n) is 5.18. The molecule has 0 spiro atoms. The molecule has 3 rings (SSSR count). The van der Waals surface area contributed by atoms with Crippen LogP contribution in [-0.2, 0) is 16.6 Å². The maximum atomic E-state index is 12.4. The Kier molecular flexibility index (Phi) is 3.08. The number of rotatable bonds is 1. The Morgan fingerprint density at radius 1 is 1.20 bits per heavy atom. The van der Waals surface area contributed by atoms with Crippen molar-refractivity contribution in [2.75, 3.05) is 0 Å². The first kappa shape index (κ1) is 13.9. The standard InChI is InChI=1S/C19H26O/c1-11(2)13-7-8-15(19(3,4)5)14-10-12-6-9-16(20)17(12)18(13)14/h7-8,11-12,17H,6,9-10H2,1-5H3/t12-,17?/m1/s1. The predicted octanol–water partition coefficient (Wildman–Crippen LogP) is 4.73. The van der Waals surface area contributed by atoms with Gasteiger partial charge in [-0.15, -0.1) is 0 Å². The fourth-order valence-corrected chi connectivity index (χ4v) is 4.27. The average Bonchev–Trinajstić information content (AvgIpc) is 2.86. The van der Waals surface area contributed by atoms with Crippen LogP contribution in [0.2, 0.25) is 0 Å². The summed E-state index contributed by atoms with van der Waals surface area (Å²) in [4.78, 5) is 12.4.